The number of benzene rings is 4. The van der Waals surface area contributed by atoms with Crippen molar-refractivity contribution >= 4 is 23.9 Å². The molecule has 0 saturated carbocycles. The number of aliphatic hydroxyl groups is 2. The molecule has 0 fully saturated rings. The molecular weight excluding hydrogens is 695 g/mol. The molecule has 4 aromatic rings. The number of nitrogens with one attached hydrogen (secondary N) is 4. The van der Waals surface area contributed by atoms with Crippen LogP contribution in [0.1, 0.15) is 60.2 Å². The van der Waals surface area contributed by atoms with Crippen LogP contribution < -0.4 is 26.0 Å². The fourth-order valence-corrected chi connectivity index (χ4v) is 7.22. The first-order chi connectivity index (χ1) is 26.4. The van der Waals surface area contributed by atoms with Crippen molar-refractivity contribution in [2.45, 2.75) is 83.1 Å². The maximum Gasteiger partial charge on any atom is 0.322 e. The zero-order valence-corrected chi connectivity index (χ0v) is 31.7. The van der Waals surface area contributed by atoms with Crippen molar-refractivity contribution < 1.29 is 29.3 Å². The molecule has 0 bridgehead atoms. The smallest absolute Gasteiger partial charge is 0.322 e. The van der Waals surface area contributed by atoms with E-state index < -0.39 is 59.6 Å². The molecule has 4 aromatic carbocycles. The average Bonchev–Trinajstić information content (AvgIpc) is 3.50. The first-order valence-electron chi connectivity index (χ1n) is 18.7. The van der Waals surface area contributed by atoms with Gasteiger partial charge in [-0.3, -0.25) is 19.8 Å². The number of fused-ring (bicyclic) bond motifs is 2. The molecule has 6 atom stereocenters. The third-order valence-electron chi connectivity index (χ3n) is 10.3. The van der Waals surface area contributed by atoms with Crippen LogP contribution in [0.25, 0.3) is 6.08 Å². The van der Waals surface area contributed by atoms with Gasteiger partial charge >= 0.3 is 6.03 Å². The van der Waals surface area contributed by atoms with Gasteiger partial charge < -0.3 is 30.9 Å². The number of carbonyl (C=O) groups excluding carboxylic acids is 3. The van der Waals surface area contributed by atoms with Gasteiger partial charge in [-0.25, -0.2) is 4.79 Å². The Balaban J connectivity index is 1.26. The van der Waals surface area contributed by atoms with Crippen LogP contribution in [-0.4, -0.2) is 70.4 Å². The van der Waals surface area contributed by atoms with Crippen molar-refractivity contribution in [3.05, 3.63) is 143 Å². The van der Waals surface area contributed by atoms with Crippen LogP contribution in [0.5, 0.6) is 5.75 Å². The molecule has 288 valence electrons. The summed E-state index contributed by atoms with van der Waals surface area (Å²) in [7, 11) is 1.58. The Morgan fingerprint density at radius 1 is 0.836 bits per heavy atom. The quantitative estimate of drug-likeness (QED) is 0.117. The summed E-state index contributed by atoms with van der Waals surface area (Å²) in [6, 6.07) is 27.8. The molecule has 11 heteroatoms. The largest absolute Gasteiger partial charge is 0.497 e. The third kappa shape index (κ3) is 9.61. The van der Waals surface area contributed by atoms with E-state index in [4.69, 9.17) is 4.74 Å². The molecule has 1 aliphatic carbocycles. The number of methoxy groups -OCH3 is 1. The minimum atomic E-state index is -1.45. The lowest BCUT2D eigenvalue weighted by Crippen LogP contribution is -2.63. The topological polar surface area (TPSA) is 152 Å². The average molecular weight is 746 g/mol. The predicted octanol–water partition coefficient (Wildman–Crippen LogP) is 4.63. The standard InChI is InChI=1S/C44H51N5O6/c1-44(2,3)40(48-43(54)49-23-22-30-14-8-9-16-32(30)27-49)42(53)46-35(24-28-12-6-5-7-13-28)39(51)38(45-26-29-18-20-33(55-4)21-19-29)41(52)47-37-34-17-11-10-15-31(34)25-36(37)50/h5-23,35-40,45,50-51H,24-27H2,1-4H3,(H,46,53)(H,47,52)(H,48,54)/t35-,36+,37-,38+,39+,40+/m0/s1. The lowest BCUT2D eigenvalue weighted by molar-refractivity contribution is -0.131. The summed E-state index contributed by atoms with van der Waals surface area (Å²) in [4.78, 5) is 43.9. The van der Waals surface area contributed by atoms with Gasteiger partial charge in [0.25, 0.3) is 0 Å². The number of urea groups is 1. The van der Waals surface area contributed by atoms with Gasteiger partial charge in [0, 0.05) is 19.2 Å². The highest BCUT2D eigenvalue weighted by Crippen LogP contribution is 2.31. The lowest BCUT2D eigenvalue weighted by atomic mass is 9.85. The summed E-state index contributed by atoms with van der Waals surface area (Å²) in [5.41, 5.74) is 4.71. The summed E-state index contributed by atoms with van der Waals surface area (Å²) in [5.74, 6) is -0.359. The van der Waals surface area contributed by atoms with E-state index in [1.807, 2.05) is 130 Å². The number of rotatable bonds is 13. The molecule has 0 aromatic heterocycles. The third-order valence-corrected chi connectivity index (χ3v) is 10.3. The SMILES string of the molecule is COc1ccc(CN[C@@H](C(=O)N[C@H]2c3ccccc3C[C@H]2O)[C@H](O)[C@H](Cc2ccccc2)NC(=O)[C@@H](NC(=O)N2C=Cc3ccccc3C2)C(C)(C)C)cc1. The fraction of sp³-hybridized carbons (Fsp3) is 0.341. The van der Waals surface area contributed by atoms with E-state index in [1.54, 1.807) is 13.3 Å². The Bertz CT molecular complexity index is 1980. The van der Waals surface area contributed by atoms with E-state index in [0.29, 0.717) is 18.7 Å². The van der Waals surface area contributed by atoms with Crippen LogP contribution in [0.15, 0.2) is 109 Å². The number of aliphatic hydroxyl groups excluding tert-OH is 2. The van der Waals surface area contributed by atoms with Gasteiger partial charge in [0.1, 0.15) is 17.8 Å². The molecule has 0 saturated heterocycles. The molecule has 11 nitrogen and oxygen atoms in total. The van der Waals surface area contributed by atoms with E-state index in [-0.39, 0.29) is 13.0 Å². The van der Waals surface area contributed by atoms with E-state index in [2.05, 4.69) is 21.3 Å². The monoisotopic (exact) mass is 745 g/mol. The van der Waals surface area contributed by atoms with Crippen LogP contribution >= 0.6 is 0 Å². The van der Waals surface area contributed by atoms with Gasteiger partial charge in [0.05, 0.1) is 37.9 Å². The Hall–Kier alpha value is -5.49. The second-order valence-corrected chi connectivity index (χ2v) is 15.3. The number of hydrogen-bond acceptors (Lipinski definition) is 7. The van der Waals surface area contributed by atoms with Gasteiger partial charge in [0.2, 0.25) is 11.8 Å². The van der Waals surface area contributed by atoms with E-state index in [1.165, 1.54) is 4.90 Å². The highest BCUT2D eigenvalue weighted by molar-refractivity contribution is 5.89. The van der Waals surface area contributed by atoms with Crippen LogP contribution in [0.2, 0.25) is 0 Å². The predicted molar refractivity (Wildman–Crippen MR) is 212 cm³/mol. The van der Waals surface area contributed by atoms with E-state index >= 15 is 0 Å². The number of amides is 4. The fourth-order valence-electron chi connectivity index (χ4n) is 7.22. The molecule has 1 aliphatic heterocycles. The van der Waals surface area contributed by atoms with E-state index in [0.717, 1.165) is 33.4 Å². The van der Waals surface area contributed by atoms with Crippen molar-refractivity contribution in [3.8, 4) is 5.75 Å². The maximum atomic E-state index is 14.4. The summed E-state index contributed by atoms with van der Waals surface area (Å²) < 4.78 is 5.30. The summed E-state index contributed by atoms with van der Waals surface area (Å²) in [5, 5.41) is 35.5. The second-order valence-electron chi connectivity index (χ2n) is 15.3. The van der Waals surface area contributed by atoms with Crippen molar-refractivity contribution in [2.24, 2.45) is 5.41 Å². The second kappa shape index (κ2) is 17.3. The van der Waals surface area contributed by atoms with Crippen molar-refractivity contribution in [1.29, 1.82) is 0 Å². The molecule has 0 radical (unpaired) electrons. The van der Waals surface area contributed by atoms with Crippen molar-refractivity contribution in [2.75, 3.05) is 7.11 Å². The number of nitrogens with zero attached hydrogens (tertiary/aromatic N) is 1. The Labute approximate surface area is 322 Å². The zero-order valence-electron chi connectivity index (χ0n) is 31.7. The van der Waals surface area contributed by atoms with Crippen molar-refractivity contribution in [3.63, 3.8) is 0 Å². The Kier molecular flexibility index (Phi) is 12.3. The van der Waals surface area contributed by atoms with Gasteiger partial charge in [-0.2, -0.15) is 0 Å². The number of ether oxygens (including phenoxy) is 1. The molecule has 0 spiro atoms. The summed E-state index contributed by atoms with van der Waals surface area (Å²) in [6.07, 6.45) is 1.85. The molecule has 6 N–H and O–H groups in total. The van der Waals surface area contributed by atoms with E-state index in [9.17, 15) is 24.6 Å². The highest BCUT2D eigenvalue weighted by atomic mass is 16.5. The van der Waals surface area contributed by atoms with Gasteiger partial charge in [0.15, 0.2) is 0 Å². The zero-order chi connectivity index (χ0) is 39.1. The van der Waals surface area contributed by atoms with Crippen LogP contribution in [0, 0.1) is 5.41 Å². The maximum absolute atomic E-state index is 14.4. The Morgan fingerprint density at radius 2 is 1.51 bits per heavy atom. The van der Waals surface area contributed by atoms with Crippen molar-refractivity contribution in [1.82, 2.24) is 26.2 Å². The summed E-state index contributed by atoms with van der Waals surface area (Å²) >= 11 is 0. The summed E-state index contributed by atoms with van der Waals surface area (Å²) in [6.45, 7) is 6.14. The number of carbonyl (C=O) groups is 3. The molecule has 1 heterocycles. The number of hydrogen-bond donors (Lipinski definition) is 6. The molecule has 2 aliphatic rings. The Morgan fingerprint density at radius 3 is 2.22 bits per heavy atom. The van der Waals surface area contributed by atoms with Crippen LogP contribution in [0.4, 0.5) is 4.79 Å². The molecule has 6 rings (SSSR count). The first kappa shape index (κ1) is 39.2. The lowest BCUT2D eigenvalue weighted by Gasteiger charge is -2.36. The molecule has 55 heavy (non-hydrogen) atoms. The molecule has 0 unspecified atom stereocenters. The molecular formula is C44H51N5O6. The van der Waals surface area contributed by atoms with Gasteiger partial charge in [-0.05, 0) is 63.4 Å². The minimum absolute atomic E-state index is 0.188. The van der Waals surface area contributed by atoms with Gasteiger partial charge in [-0.1, -0.05) is 112 Å². The van der Waals surface area contributed by atoms with Gasteiger partial charge in [-0.15, -0.1) is 0 Å². The van der Waals surface area contributed by atoms with Crippen LogP contribution in [-0.2, 0) is 35.5 Å². The normalized spacial score (nSPS) is 18.3. The molecule has 4 amide bonds. The van der Waals surface area contributed by atoms with Crippen LogP contribution in [0.3, 0.4) is 0 Å². The highest BCUT2D eigenvalue weighted by Gasteiger charge is 2.41. The minimum Gasteiger partial charge on any atom is -0.497 e. The first-order valence-corrected chi connectivity index (χ1v) is 18.7.